The molecular formula is C15H24O. The van der Waals surface area contributed by atoms with Gasteiger partial charge in [0.1, 0.15) is 6.29 Å². The number of rotatable bonds is 1. The molecule has 2 fully saturated rings. The van der Waals surface area contributed by atoms with E-state index in [9.17, 15) is 4.79 Å². The molecule has 2 saturated carbocycles. The van der Waals surface area contributed by atoms with Gasteiger partial charge in [0.25, 0.3) is 0 Å². The van der Waals surface area contributed by atoms with Crippen molar-refractivity contribution < 1.29 is 4.79 Å². The second-order valence-electron chi connectivity index (χ2n) is 6.71. The van der Waals surface area contributed by atoms with Crippen LogP contribution in [-0.4, -0.2) is 6.29 Å². The molecule has 16 heavy (non-hydrogen) atoms. The van der Waals surface area contributed by atoms with Gasteiger partial charge in [0, 0.05) is 5.92 Å². The molecule has 0 bridgehead atoms. The largest absolute Gasteiger partial charge is 0.303 e. The molecule has 0 spiro atoms. The summed E-state index contributed by atoms with van der Waals surface area (Å²) in [4.78, 5) is 11.4. The van der Waals surface area contributed by atoms with Gasteiger partial charge in [-0.15, -0.1) is 0 Å². The fraction of sp³-hybridized carbons (Fsp3) is 0.800. The van der Waals surface area contributed by atoms with Gasteiger partial charge in [-0.3, -0.25) is 0 Å². The monoisotopic (exact) mass is 220 g/mol. The molecule has 0 aliphatic heterocycles. The third-order valence-electron chi connectivity index (χ3n) is 5.32. The van der Waals surface area contributed by atoms with Crippen LogP contribution in [0.1, 0.15) is 52.9 Å². The number of carbonyl (C=O) groups is 1. The Morgan fingerprint density at radius 2 is 2.00 bits per heavy atom. The predicted octanol–water partition coefficient (Wildman–Crippen LogP) is 3.98. The first kappa shape index (κ1) is 11.9. The molecule has 2 aliphatic rings. The standard InChI is InChI=1S/C15H24O/c1-11-6-7-13-14(2,3)8-5-9-15(13,4)12(11)10-16/h10,12-13H,1,5-9H2,2-4H3/t12?,13-,15+/m1/s1. The number of hydrogen-bond donors (Lipinski definition) is 0. The Balaban J connectivity index is 2.38. The lowest BCUT2D eigenvalue weighted by atomic mass is 9.48. The first-order chi connectivity index (χ1) is 7.42. The number of hydrogen-bond acceptors (Lipinski definition) is 1. The van der Waals surface area contributed by atoms with Crippen molar-refractivity contribution in [1.29, 1.82) is 0 Å². The maximum atomic E-state index is 11.4. The Bertz CT molecular complexity index is 315. The van der Waals surface area contributed by atoms with E-state index in [0.29, 0.717) is 11.3 Å². The quantitative estimate of drug-likeness (QED) is 0.482. The lowest BCUT2D eigenvalue weighted by Crippen LogP contribution is -2.49. The van der Waals surface area contributed by atoms with E-state index in [-0.39, 0.29) is 11.3 Å². The molecule has 0 amide bonds. The lowest BCUT2D eigenvalue weighted by Gasteiger charge is -2.56. The van der Waals surface area contributed by atoms with Crippen LogP contribution in [0.15, 0.2) is 12.2 Å². The third-order valence-corrected chi connectivity index (χ3v) is 5.32. The number of carbonyl (C=O) groups excluding carboxylic acids is 1. The molecule has 0 radical (unpaired) electrons. The van der Waals surface area contributed by atoms with E-state index >= 15 is 0 Å². The van der Waals surface area contributed by atoms with Crippen LogP contribution < -0.4 is 0 Å². The van der Waals surface area contributed by atoms with E-state index in [4.69, 9.17) is 0 Å². The summed E-state index contributed by atoms with van der Waals surface area (Å²) in [5.74, 6) is 0.792. The molecule has 0 heterocycles. The summed E-state index contributed by atoms with van der Waals surface area (Å²) in [5.41, 5.74) is 1.75. The highest BCUT2D eigenvalue weighted by Crippen LogP contribution is 2.60. The molecule has 0 aromatic heterocycles. The van der Waals surface area contributed by atoms with E-state index in [2.05, 4.69) is 27.4 Å². The van der Waals surface area contributed by atoms with Crippen LogP contribution in [0, 0.1) is 22.7 Å². The fourth-order valence-corrected chi connectivity index (χ4v) is 4.46. The van der Waals surface area contributed by atoms with E-state index in [1.165, 1.54) is 31.3 Å². The number of allylic oxidation sites excluding steroid dienone is 1. The molecule has 3 atom stereocenters. The van der Waals surface area contributed by atoms with Crippen LogP contribution in [0.2, 0.25) is 0 Å². The van der Waals surface area contributed by atoms with E-state index < -0.39 is 0 Å². The van der Waals surface area contributed by atoms with Gasteiger partial charge in [-0.05, 0) is 42.4 Å². The van der Waals surface area contributed by atoms with Gasteiger partial charge < -0.3 is 4.79 Å². The van der Waals surface area contributed by atoms with Crippen LogP contribution in [0.25, 0.3) is 0 Å². The fourth-order valence-electron chi connectivity index (χ4n) is 4.46. The Morgan fingerprint density at radius 1 is 1.31 bits per heavy atom. The minimum absolute atomic E-state index is 0.103. The summed E-state index contributed by atoms with van der Waals surface area (Å²) >= 11 is 0. The minimum Gasteiger partial charge on any atom is -0.303 e. The summed E-state index contributed by atoms with van der Waals surface area (Å²) in [6.07, 6.45) is 7.21. The second kappa shape index (κ2) is 3.72. The summed E-state index contributed by atoms with van der Waals surface area (Å²) < 4.78 is 0. The van der Waals surface area contributed by atoms with Crippen molar-refractivity contribution in [3.05, 3.63) is 12.2 Å². The van der Waals surface area contributed by atoms with Crippen molar-refractivity contribution in [2.24, 2.45) is 22.7 Å². The zero-order valence-electron chi connectivity index (χ0n) is 10.9. The van der Waals surface area contributed by atoms with Crippen molar-refractivity contribution in [3.63, 3.8) is 0 Å². The highest BCUT2D eigenvalue weighted by atomic mass is 16.1. The van der Waals surface area contributed by atoms with Crippen LogP contribution >= 0.6 is 0 Å². The highest BCUT2D eigenvalue weighted by Gasteiger charge is 2.52. The van der Waals surface area contributed by atoms with Gasteiger partial charge in [-0.2, -0.15) is 0 Å². The Hall–Kier alpha value is -0.590. The lowest BCUT2D eigenvalue weighted by molar-refractivity contribution is -0.121. The van der Waals surface area contributed by atoms with Crippen LogP contribution in [0.5, 0.6) is 0 Å². The molecule has 2 rings (SSSR count). The van der Waals surface area contributed by atoms with Crippen molar-refractivity contribution in [3.8, 4) is 0 Å². The zero-order chi connectivity index (χ0) is 12.0. The molecule has 1 nitrogen and oxygen atoms in total. The summed E-state index contributed by atoms with van der Waals surface area (Å²) in [7, 11) is 0. The number of aldehydes is 1. The minimum atomic E-state index is 0.103. The van der Waals surface area contributed by atoms with Gasteiger partial charge in [0.2, 0.25) is 0 Å². The molecule has 2 aliphatic carbocycles. The Kier molecular flexibility index (Phi) is 2.76. The van der Waals surface area contributed by atoms with Gasteiger partial charge in [-0.25, -0.2) is 0 Å². The van der Waals surface area contributed by atoms with Gasteiger partial charge in [0.05, 0.1) is 0 Å². The van der Waals surface area contributed by atoms with Crippen molar-refractivity contribution >= 4 is 6.29 Å². The summed E-state index contributed by atoms with van der Waals surface area (Å²) in [5, 5.41) is 0. The molecule has 0 N–H and O–H groups in total. The summed E-state index contributed by atoms with van der Waals surface area (Å²) in [6, 6.07) is 0. The Labute approximate surface area is 99.3 Å². The molecule has 90 valence electrons. The average Bonchev–Trinajstić information content (AvgIpc) is 2.15. The first-order valence-corrected chi connectivity index (χ1v) is 6.55. The number of fused-ring (bicyclic) bond motifs is 1. The molecule has 0 saturated heterocycles. The van der Waals surface area contributed by atoms with Crippen molar-refractivity contribution in [1.82, 2.24) is 0 Å². The second-order valence-corrected chi connectivity index (χ2v) is 6.71. The first-order valence-electron chi connectivity index (χ1n) is 6.55. The van der Waals surface area contributed by atoms with E-state index in [1.807, 2.05) is 0 Å². The molecular weight excluding hydrogens is 196 g/mol. The normalized spacial score (nSPS) is 42.6. The van der Waals surface area contributed by atoms with Crippen molar-refractivity contribution in [2.45, 2.75) is 52.9 Å². The van der Waals surface area contributed by atoms with E-state index in [1.54, 1.807) is 0 Å². The molecule has 1 unspecified atom stereocenters. The van der Waals surface area contributed by atoms with Gasteiger partial charge in [0.15, 0.2) is 0 Å². The smallest absolute Gasteiger partial charge is 0.127 e. The summed E-state index contributed by atoms with van der Waals surface area (Å²) in [6.45, 7) is 11.2. The van der Waals surface area contributed by atoms with Gasteiger partial charge in [-0.1, -0.05) is 39.3 Å². The van der Waals surface area contributed by atoms with Crippen LogP contribution in [0.4, 0.5) is 0 Å². The van der Waals surface area contributed by atoms with Gasteiger partial charge >= 0.3 is 0 Å². The Morgan fingerprint density at radius 3 is 2.62 bits per heavy atom. The van der Waals surface area contributed by atoms with Crippen molar-refractivity contribution in [2.75, 3.05) is 0 Å². The van der Waals surface area contributed by atoms with Crippen LogP contribution in [0.3, 0.4) is 0 Å². The average molecular weight is 220 g/mol. The molecule has 0 aromatic carbocycles. The SMILES string of the molecule is C=C1CC[C@@H]2C(C)(C)CCC[C@@]2(C)C1C=O. The van der Waals surface area contributed by atoms with E-state index in [0.717, 1.165) is 12.7 Å². The predicted molar refractivity (Wildman–Crippen MR) is 67.2 cm³/mol. The molecule has 1 heteroatoms. The maximum absolute atomic E-state index is 11.4. The highest BCUT2D eigenvalue weighted by molar-refractivity contribution is 5.61. The van der Waals surface area contributed by atoms with Crippen LogP contribution in [-0.2, 0) is 4.79 Å². The maximum Gasteiger partial charge on any atom is 0.127 e. The zero-order valence-corrected chi connectivity index (χ0v) is 10.9. The third kappa shape index (κ3) is 1.56. The molecule has 0 aromatic rings. The topological polar surface area (TPSA) is 17.1 Å².